The Morgan fingerprint density at radius 3 is 2.44 bits per heavy atom. The van der Waals surface area contributed by atoms with Gasteiger partial charge in [-0.3, -0.25) is 34.9 Å². The summed E-state index contributed by atoms with van der Waals surface area (Å²) in [5.41, 5.74) is 5.48. The van der Waals surface area contributed by atoms with Gasteiger partial charge >= 0.3 is 12.2 Å². The second-order valence-corrected chi connectivity index (χ2v) is 11.3. The molecule has 0 bridgehead atoms. The van der Waals surface area contributed by atoms with Crippen molar-refractivity contribution in [3.63, 3.8) is 0 Å². The van der Waals surface area contributed by atoms with Gasteiger partial charge in [-0.2, -0.15) is 13.2 Å². The van der Waals surface area contributed by atoms with E-state index in [0.717, 1.165) is 36.3 Å². The molecule has 0 aliphatic carbocycles. The number of anilines is 1. The normalized spacial score (nSPS) is 17.0. The van der Waals surface area contributed by atoms with Gasteiger partial charge in [0.05, 0.1) is 21.8 Å². The zero-order valence-electron chi connectivity index (χ0n) is 23.0. The van der Waals surface area contributed by atoms with Crippen molar-refractivity contribution < 1.29 is 37.6 Å². The Morgan fingerprint density at radius 2 is 1.84 bits per heavy atom. The van der Waals surface area contributed by atoms with E-state index in [2.05, 4.69) is 25.6 Å². The van der Waals surface area contributed by atoms with E-state index >= 15 is 0 Å². The lowest BCUT2D eigenvalue weighted by atomic mass is 9.87. The van der Waals surface area contributed by atoms with E-state index in [1.807, 2.05) is 0 Å². The Kier molecular flexibility index (Phi) is 8.68. The number of rotatable bonds is 7. The molecular weight excluding hydrogens is 593 g/mol. The molecular formula is C26H27F3N8O5S. The van der Waals surface area contributed by atoms with Crippen LogP contribution in [0.3, 0.4) is 0 Å². The molecule has 228 valence electrons. The lowest BCUT2D eigenvalue weighted by molar-refractivity contribution is -0.181. The summed E-state index contributed by atoms with van der Waals surface area (Å²) >= 11 is 1.03. The Hall–Kier alpha value is -4.64. The fraction of sp³-hybridized carbons (Fsp3) is 0.346. The highest BCUT2D eigenvalue weighted by Crippen LogP contribution is 2.41. The second kappa shape index (κ2) is 11.9. The number of carbonyl (C=O) groups excluding carboxylic acids is 4. The van der Waals surface area contributed by atoms with Gasteiger partial charge in [-0.25, -0.2) is 15.3 Å². The number of amides is 5. The number of aromatic nitrogens is 3. The van der Waals surface area contributed by atoms with Crippen LogP contribution in [0.15, 0.2) is 36.7 Å². The van der Waals surface area contributed by atoms with Gasteiger partial charge in [0.1, 0.15) is 17.2 Å². The van der Waals surface area contributed by atoms with Crippen molar-refractivity contribution in [2.24, 2.45) is 5.73 Å². The fourth-order valence-corrected chi connectivity index (χ4v) is 5.31. The Balaban J connectivity index is 1.46. The number of thiazole rings is 1. The zero-order chi connectivity index (χ0) is 31.7. The van der Waals surface area contributed by atoms with Crippen LogP contribution >= 0.6 is 11.3 Å². The Bertz CT molecular complexity index is 1560. The number of primary amides is 1. The third-order valence-electron chi connectivity index (χ3n) is 6.97. The number of hydrogen-bond donors (Lipinski definition) is 5. The molecule has 3 aromatic heterocycles. The number of nitrogens with one attached hydrogen (secondary N) is 3. The third kappa shape index (κ3) is 6.56. The van der Waals surface area contributed by atoms with Crippen LogP contribution in [0.1, 0.15) is 52.5 Å². The molecule has 0 saturated carbocycles. The third-order valence-corrected chi connectivity index (χ3v) is 8.09. The van der Waals surface area contributed by atoms with Crippen molar-refractivity contribution in [1.82, 2.24) is 30.6 Å². The van der Waals surface area contributed by atoms with E-state index in [4.69, 9.17) is 10.9 Å². The number of alkyl halides is 3. The number of hydroxylamine groups is 1. The molecule has 0 unspecified atom stereocenters. The van der Waals surface area contributed by atoms with Crippen LogP contribution < -0.4 is 21.8 Å². The summed E-state index contributed by atoms with van der Waals surface area (Å²) in [7, 11) is 0. The summed E-state index contributed by atoms with van der Waals surface area (Å²) in [6.07, 6.45) is -2.13. The first kappa shape index (κ1) is 31.3. The smallest absolute Gasteiger partial charge is 0.368 e. The van der Waals surface area contributed by atoms with Crippen LogP contribution in [0.5, 0.6) is 0 Å². The van der Waals surface area contributed by atoms with Crippen molar-refractivity contribution in [3.8, 4) is 10.4 Å². The molecule has 3 aromatic rings. The number of halogens is 3. The predicted molar refractivity (Wildman–Crippen MR) is 147 cm³/mol. The summed E-state index contributed by atoms with van der Waals surface area (Å²) in [5, 5.41) is 14.1. The van der Waals surface area contributed by atoms with E-state index in [-0.39, 0.29) is 35.0 Å². The summed E-state index contributed by atoms with van der Waals surface area (Å²) < 4.78 is 40.7. The molecule has 5 amide bonds. The minimum Gasteiger partial charge on any atom is -0.368 e. The second-order valence-electron chi connectivity index (χ2n) is 10.3. The van der Waals surface area contributed by atoms with Crippen LogP contribution in [0.2, 0.25) is 0 Å². The van der Waals surface area contributed by atoms with Gasteiger partial charge < -0.3 is 16.0 Å². The minimum absolute atomic E-state index is 0.0200. The van der Waals surface area contributed by atoms with E-state index in [0.29, 0.717) is 16.1 Å². The number of nitrogens with two attached hydrogens (primary N) is 1. The number of hydrogen-bond acceptors (Lipinski definition) is 9. The largest absolute Gasteiger partial charge is 0.399 e. The number of carbonyl (C=O) groups is 4. The first-order valence-corrected chi connectivity index (χ1v) is 13.5. The molecule has 1 aliphatic heterocycles. The first-order valence-electron chi connectivity index (χ1n) is 12.7. The topological polar surface area (TPSA) is 193 Å². The number of likely N-dealkylation sites (tertiary alicyclic amines) is 1. The number of nitrogens with zero attached hydrogens (tertiary/aromatic N) is 4. The van der Waals surface area contributed by atoms with Gasteiger partial charge in [0.25, 0.3) is 11.8 Å². The van der Waals surface area contributed by atoms with Gasteiger partial charge in [0, 0.05) is 25.0 Å². The van der Waals surface area contributed by atoms with Gasteiger partial charge in [-0.05, 0) is 57.0 Å². The highest BCUT2D eigenvalue weighted by molar-refractivity contribution is 7.19. The highest BCUT2D eigenvalue weighted by Gasteiger charge is 2.49. The van der Waals surface area contributed by atoms with E-state index in [1.165, 1.54) is 29.9 Å². The fourth-order valence-electron chi connectivity index (χ4n) is 4.36. The van der Waals surface area contributed by atoms with Crippen LogP contribution in [-0.2, 0) is 10.2 Å². The lowest BCUT2D eigenvalue weighted by Crippen LogP contribution is -2.46. The average molecular weight is 621 g/mol. The molecule has 4 heterocycles. The van der Waals surface area contributed by atoms with Crippen molar-refractivity contribution in [2.75, 3.05) is 11.9 Å². The van der Waals surface area contributed by atoms with Gasteiger partial charge in [-0.15, -0.1) is 0 Å². The molecule has 0 aromatic carbocycles. The van der Waals surface area contributed by atoms with Crippen molar-refractivity contribution in [2.45, 2.75) is 50.9 Å². The predicted octanol–water partition coefficient (Wildman–Crippen LogP) is 2.76. The first-order chi connectivity index (χ1) is 20.1. The SMILES string of the molecule is Cc1nc(NC(=O)N2C[C@H](NC(=O)c3ccc(C(=O)NO)cn3)C[C@H]2C(N)=O)sc1-c1ccnc(C(C)(C)C(F)(F)F)c1. The maximum atomic E-state index is 13.6. The molecule has 4 rings (SSSR count). The molecule has 6 N–H and O–H groups in total. The minimum atomic E-state index is -4.52. The zero-order valence-corrected chi connectivity index (χ0v) is 23.8. The monoisotopic (exact) mass is 620 g/mol. The molecule has 0 spiro atoms. The van der Waals surface area contributed by atoms with Gasteiger partial charge in [0.2, 0.25) is 5.91 Å². The lowest BCUT2D eigenvalue weighted by Gasteiger charge is -2.27. The van der Waals surface area contributed by atoms with Crippen LogP contribution in [0, 0.1) is 6.92 Å². The van der Waals surface area contributed by atoms with E-state index in [9.17, 15) is 32.3 Å². The number of pyridine rings is 2. The molecule has 13 nitrogen and oxygen atoms in total. The van der Waals surface area contributed by atoms with E-state index < -0.39 is 47.4 Å². The maximum Gasteiger partial charge on any atom is 0.399 e. The van der Waals surface area contributed by atoms with Crippen LogP contribution in [0.25, 0.3) is 10.4 Å². The average Bonchev–Trinajstić information content (AvgIpc) is 3.55. The molecule has 1 fully saturated rings. The van der Waals surface area contributed by atoms with Crippen molar-refractivity contribution in [1.29, 1.82) is 0 Å². The highest BCUT2D eigenvalue weighted by atomic mass is 32.1. The molecule has 17 heteroatoms. The van der Waals surface area contributed by atoms with Crippen molar-refractivity contribution in [3.05, 3.63) is 59.3 Å². The molecule has 1 saturated heterocycles. The van der Waals surface area contributed by atoms with Crippen molar-refractivity contribution >= 4 is 40.2 Å². The summed E-state index contributed by atoms with van der Waals surface area (Å²) in [4.78, 5) is 63.2. The van der Waals surface area contributed by atoms with Gasteiger partial charge in [-0.1, -0.05) is 11.3 Å². The Morgan fingerprint density at radius 1 is 1.12 bits per heavy atom. The summed E-state index contributed by atoms with van der Waals surface area (Å²) in [5.74, 6) is -2.23. The molecule has 2 atom stereocenters. The quantitative estimate of drug-likeness (QED) is 0.197. The molecule has 0 radical (unpaired) electrons. The Labute approximate surface area is 246 Å². The molecule has 43 heavy (non-hydrogen) atoms. The summed E-state index contributed by atoms with van der Waals surface area (Å²) in [6.45, 7) is 3.64. The van der Waals surface area contributed by atoms with Crippen LogP contribution in [0.4, 0.5) is 23.1 Å². The summed E-state index contributed by atoms with van der Waals surface area (Å²) in [6, 6.07) is 2.99. The molecule has 1 aliphatic rings. The van der Waals surface area contributed by atoms with Gasteiger partial charge in [0.15, 0.2) is 5.13 Å². The standard InChI is InChI=1S/C26H27F3N8O5S/c1-12-19(13-6-7-31-18(8-13)25(2,3)26(27,28)29)43-23(33-12)35-24(41)37-11-15(9-17(37)20(30)38)34-22(40)16-5-4-14(10-32-16)21(39)36-42/h4-8,10,15,17,42H,9,11H2,1-3H3,(H2,30,38)(H,34,40)(H,36,39)(H,33,35,41)/t15-,17+/m1/s1. The van der Waals surface area contributed by atoms with E-state index in [1.54, 1.807) is 13.0 Å². The number of aryl methyl sites for hydroxylation is 1. The maximum absolute atomic E-state index is 13.6. The van der Waals surface area contributed by atoms with Crippen LogP contribution in [-0.4, -0.2) is 73.6 Å². The number of urea groups is 1.